The van der Waals surface area contributed by atoms with E-state index in [1.54, 1.807) is 30.5 Å². The molecule has 1 aromatic carbocycles. The third-order valence-corrected chi connectivity index (χ3v) is 4.08. The van der Waals surface area contributed by atoms with Gasteiger partial charge in [0.05, 0.1) is 11.4 Å². The highest BCUT2D eigenvalue weighted by Crippen LogP contribution is 2.24. The first-order valence-electron chi connectivity index (χ1n) is 7.12. The fraction of sp³-hybridized carbons (Fsp3) is 0.0588. The second-order valence-corrected chi connectivity index (χ2v) is 6.47. The first kappa shape index (κ1) is 16.5. The van der Waals surface area contributed by atoms with Crippen LogP contribution in [0.25, 0.3) is 5.69 Å². The minimum atomic E-state index is -0.300. The second kappa shape index (κ2) is 7.07. The highest BCUT2D eigenvalue weighted by molar-refractivity contribution is 9.10. The lowest BCUT2D eigenvalue weighted by molar-refractivity contribution is -0.116. The predicted octanol–water partition coefficient (Wildman–Crippen LogP) is 3.69. The van der Waals surface area contributed by atoms with Crippen molar-refractivity contribution in [2.75, 3.05) is 5.32 Å². The van der Waals surface area contributed by atoms with Crippen LogP contribution in [-0.2, 0) is 11.3 Å². The molecule has 0 fully saturated rings. The van der Waals surface area contributed by atoms with E-state index in [0.29, 0.717) is 10.7 Å². The number of benzene rings is 1. The Morgan fingerprint density at radius 1 is 1.17 bits per heavy atom. The number of halogens is 2. The lowest BCUT2D eigenvalue weighted by Crippen LogP contribution is -2.27. The van der Waals surface area contributed by atoms with E-state index in [-0.39, 0.29) is 18.0 Å². The highest BCUT2D eigenvalue weighted by Gasteiger charge is 2.10. The molecule has 2 heterocycles. The number of pyridine rings is 1. The summed E-state index contributed by atoms with van der Waals surface area (Å²) in [6, 6.07) is 12.0. The number of anilines is 1. The van der Waals surface area contributed by atoms with Gasteiger partial charge >= 0.3 is 0 Å². The summed E-state index contributed by atoms with van der Waals surface area (Å²) in [5, 5.41) is 3.40. The van der Waals surface area contributed by atoms with Gasteiger partial charge in [-0.1, -0.05) is 11.6 Å². The fourth-order valence-corrected chi connectivity index (χ4v) is 2.84. The van der Waals surface area contributed by atoms with Gasteiger partial charge in [-0.25, -0.2) is 0 Å². The number of carbonyl (C=O) groups is 1. The topological polar surface area (TPSA) is 56.0 Å². The summed E-state index contributed by atoms with van der Waals surface area (Å²) in [5.41, 5.74) is 1.13. The van der Waals surface area contributed by atoms with Gasteiger partial charge in [-0.05, 0) is 52.3 Å². The molecular formula is C17H13BrClN3O2. The molecule has 0 bridgehead atoms. The molecule has 3 aromatic rings. The van der Waals surface area contributed by atoms with E-state index in [9.17, 15) is 9.59 Å². The van der Waals surface area contributed by atoms with E-state index in [0.717, 1.165) is 10.2 Å². The molecule has 1 amide bonds. The summed E-state index contributed by atoms with van der Waals surface area (Å²) in [7, 11) is 0. The molecule has 0 radical (unpaired) electrons. The summed E-state index contributed by atoms with van der Waals surface area (Å²) in [5.74, 6) is -0.300. The van der Waals surface area contributed by atoms with Gasteiger partial charge in [0.1, 0.15) is 6.54 Å². The standard InChI is InChI=1S/C17H13BrClN3O2/c18-12-3-6-17(24)22(10-12)11-16(23)20-14-5-4-13(19)9-15(14)21-7-1-2-8-21/h1-10H,11H2,(H,20,23). The lowest BCUT2D eigenvalue weighted by Gasteiger charge is -2.13. The van der Waals surface area contributed by atoms with Crippen molar-refractivity contribution in [2.24, 2.45) is 0 Å². The molecule has 5 nitrogen and oxygen atoms in total. The molecule has 122 valence electrons. The van der Waals surface area contributed by atoms with Crippen molar-refractivity contribution in [2.45, 2.75) is 6.54 Å². The van der Waals surface area contributed by atoms with Crippen LogP contribution in [0.2, 0.25) is 5.02 Å². The SMILES string of the molecule is O=C(Cn1cc(Br)ccc1=O)Nc1ccc(Cl)cc1-n1cccc1. The van der Waals surface area contributed by atoms with Crippen LogP contribution in [0.1, 0.15) is 0 Å². The molecule has 3 rings (SSSR count). The van der Waals surface area contributed by atoms with E-state index in [1.165, 1.54) is 10.6 Å². The van der Waals surface area contributed by atoms with Crippen LogP contribution in [-0.4, -0.2) is 15.0 Å². The maximum Gasteiger partial charge on any atom is 0.251 e. The Balaban J connectivity index is 1.85. The van der Waals surface area contributed by atoms with Gasteiger partial charge in [-0.2, -0.15) is 0 Å². The molecule has 0 atom stereocenters. The highest BCUT2D eigenvalue weighted by atomic mass is 79.9. The predicted molar refractivity (Wildman–Crippen MR) is 97.8 cm³/mol. The first-order valence-corrected chi connectivity index (χ1v) is 8.29. The third kappa shape index (κ3) is 3.77. The molecule has 24 heavy (non-hydrogen) atoms. The van der Waals surface area contributed by atoms with Crippen LogP contribution >= 0.6 is 27.5 Å². The molecule has 0 aliphatic carbocycles. The smallest absolute Gasteiger partial charge is 0.251 e. The van der Waals surface area contributed by atoms with E-state index in [1.807, 2.05) is 29.1 Å². The van der Waals surface area contributed by atoms with Crippen LogP contribution in [0.3, 0.4) is 0 Å². The molecule has 0 unspecified atom stereocenters. The molecule has 7 heteroatoms. The lowest BCUT2D eigenvalue weighted by atomic mass is 10.2. The van der Waals surface area contributed by atoms with Crippen molar-refractivity contribution in [3.8, 4) is 5.69 Å². The molecule has 0 spiro atoms. The van der Waals surface area contributed by atoms with Gasteiger partial charge in [0, 0.05) is 34.2 Å². The number of hydrogen-bond donors (Lipinski definition) is 1. The third-order valence-electron chi connectivity index (χ3n) is 3.38. The zero-order valence-corrected chi connectivity index (χ0v) is 14.8. The van der Waals surface area contributed by atoms with Crippen LogP contribution in [0.15, 0.2) is 70.3 Å². The number of rotatable bonds is 4. The van der Waals surface area contributed by atoms with Gasteiger partial charge < -0.3 is 14.5 Å². The molecule has 0 aliphatic rings. The molecular weight excluding hydrogens is 394 g/mol. The number of nitrogens with one attached hydrogen (secondary N) is 1. The van der Waals surface area contributed by atoms with Crippen LogP contribution in [0.4, 0.5) is 5.69 Å². The normalized spacial score (nSPS) is 10.6. The van der Waals surface area contributed by atoms with E-state index in [2.05, 4.69) is 21.2 Å². The number of amides is 1. The van der Waals surface area contributed by atoms with Crippen molar-refractivity contribution in [3.05, 3.63) is 80.9 Å². The van der Waals surface area contributed by atoms with Crippen molar-refractivity contribution >= 4 is 39.1 Å². The van der Waals surface area contributed by atoms with Crippen molar-refractivity contribution in [3.63, 3.8) is 0 Å². The van der Waals surface area contributed by atoms with Gasteiger partial charge in [0.2, 0.25) is 5.91 Å². The molecule has 2 aromatic heterocycles. The number of carbonyl (C=O) groups excluding carboxylic acids is 1. The first-order chi connectivity index (χ1) is 11.5. The summed E-state index contributed by atoms with van der Waals surface area (Å²) in [6.45, 7) is -0.0774. The average molecular weight is 407 g/mol. The van der Waals surface area contributed by atoms with Gasteiger partial charge in [-0.3, -0.25) is 9.59 Å². The summed E-state index contributed by atoms with van der Waals surface area (Å²) < 4.78 is 3.92. The summed E-state index contributed by atoms with van der Waals surface area (Å²) in [4.78, 5) is 24.1. The monoisotopic (exact) mass is 405 g/mol. The van der Waals surface area contributed by atoms with Crippen LogP contribution < -0.4 is 10.9 Å². The summed E-state index contributed by atoms with van der Waals surface area (Å²) in [6.07, 6.45) is 5.30. The van der Waals surface area contributed by atoms with Crippen molar-refractivity contribution < 1.29 is 4.79 Å². The molecule has 0 saturated carbocycles. The molecule has 0 saturated heterocycles. The quantitative estimate of drug-likeness (QED) is 0.718. The van der Waals surface area contributed by atoms with Gasteiger partial charge in [0.15, 0.2) is 0 Å². The number of hydrogen-bond acceptors (Lipinski definition) is 2. The minimum Gasteiger partial charge on any atom is -0.323 e. The summed E-state index contributed by atoms with van der Waals surface area (Å²) >= 11 is 9.35. The van der Waals surface area contributed by atoms with Crippen molar-refractivity contribution in [1.82, 2.24) is 9.13 Å². The molecule has 1 N–H and O–H groups in total. The fourth-order valence-electron chi connectivity index (χ4n) is 2.29. The largest absolute Gasteiger partial charge is 0.323 e. The Morgan fingerprint density at radius 3 is 2.67 bits per heavy atom. The average Bonchev–Trinajstić information content (AvgIpc) is 3.07. The van der Waals surface area contributed by atoms with Gasteiger partial charge in [0.25, 0.3) is 5.56 Å². The maximum absolute atomic E-state index is 12.3. The zero-order chi connectivity index (χ0) is 17.1. The van der Waals surface area contributed by atoms with Crippen LogP contribution in [0.5, 0.6) is 0 Å². The Labute approximate surface area is 151 Å². The Kier molecular flexibility index (Phi) is 4.87. The molecule has 0 aliphatic heterocycles. The Hall–Kier alpha value is -2.31. The van der Waals surface area contributed by atoms with Crippen molar-refractivity contribution in [1.29, 1.82) is 0 Å². The van der Waals surface area contributed by atoms with Crippen LogP contribution in [0, 0.1) is 0 Å². The number of nitrogens with zero attached hydrogens (tertiary/aromatic N) is 2. The van der Waals surface area contributed by atoms with E-state index >= 15 is 0 Å². The minimum absolute atomic E-state index is 0.0774. The second-order valence-electron chi connectivity index (χ2n) is 5.11. The maximum atomic E-state index is 12.3. The van der Waals surface area contributed by atoms with Gasteiger partial charge in [-0.15, -0.1) is 0 Å². The number of aromatic nitrogens is 2. The Morgan fingerprint density at radius 2 is 1.92 bits per heavy atom. The zero-order valence-electron chi connectivity index (χ0n) is 12.4. The Bertz CT molecular complexity index is 935. The van der Waals surface area contributed by atoms with E-state index in [4.69, 9.17) is 11.6 Å². The van der Waals surface area contributed by atoms with E-state index < -0.39 is 0 Å².